The predicted molar refractivity (Wildman–Crippen MR) is 85.5 cm³/mol. The van der Waals surface area contributed by atoms with Crippen molar-refractivity contribution in [3.63, 3.8) is 0 Å². The summed E-state index contributed by atoms with van der Waals surface area (Å²) in [7, 11) is 0. The first-order chi connectivity index (χ1) is 10.1. The highest BCUT2D eigenvalue weighted by Crippen LogP contribution is 2.30. The lowest BCUT2D eigenvalue weighted by atomic mass is 10.1. The molecular weight excluding hydrogens is 280 g/mol. The number of hydrogen-bond acceptors (Lipinski definition) is 4. The van der Waals surface area contributed by atoms with E-state index in [1.807, 2.05) is 24.3 Å². The molecule has 0 aliphatic carbocycles. The third-order valence-electron chi connectivity index (χ3n) is 3.26. The standard InChI is InChI=1S/C17H14N2OS/c1-11-3-5-14(6-4-11)16-18-19-17(21-16)15-9-7-13(8-10-15)12(2)20/h3-10H,1-2H3. The van der Waals surface area contributed by atoms with Crippen molar-refractivity contribution < 1.29 is 4.79 Å². The van der Waals surface area contributed by atoms with Crippen LogP contribution in [0.1, 0.15) is 22.8 Å². The molecule has 3 aromatic rings. The van der Waals surface area contributed by atoms with Gasteiger partial charge in [-0.3, -0.25) is 4.79 Å². The zero-order valence-electron chi connectivity index (χ0n) is 11.8. The van der Waals surface area contributed by atoms with E-state index in [2.05, 4.69) is 41.4 Å². The SMILES string of the molecule is CC(=O)c1ccc(-c2nnc(-c3ccc(C)cc3)s2)cc1. The van der Waals surface area contributed by atoms with Gasteiger partial charge in [0.1, 0.15) is 10.0 Å². The molecule has 0 radical (unpaired) electrons. The number of aromatic nitrogens is 2. The Kier molecular flexibility index (Phi) is 3.62. The monoisotopic (exact) mass is 294 g/mol. The number of Topliss-reactive ketones (excluding diaryl/α,β-unsaturated/α-hetero) is 1. The molecule has 4 heteroatoms. The van der Waals surface area contributed by atoms with Crippen LogP contribution in [0.2, 0.25) is 0 Å². The van der Waals surface area contributed by atoms with Gasteiger partial charge >= 0.3 is 0 Å². The summed E-state index contributed by atoms with van der Waals surface area (Å²) in [5.74, 6) is 0.0687. The van der Waals surface area contributed by atoms with Crippen LogP contribution in [0.25, 0.3) is 21.1 Å². The summed E-state index contributed by atoms with van der Waals surface area (Å²) in [5.41, 5.74) is 3.99. The van der Waals surface area contributed by atoms with Crippen LogP contribution in [0.5, 0.6) is 0 Å². The van der Waals surface area contributed by atoms with E-state index in [0.29, 0.717) is 5.56 Å². The summed E-state index contributed by atoms with van der Waals surface area (Å²) in [5, 5.41) is 10.3. The third-order valence-corrected chi connectivity index (χ3v) is 4.28. The lowest BCUT2D eigenvalue weighted by Gasteiger charge is -1.98. The molecule has 1 aromatic heterocycles. The highest BCUT2D eigenvalue weighted by Gasteiger charge is 2.09. The third kappa shape index (κ3) is 2.90. The molecule has 0 bridgehead atoms. The Labute approximate surface area is 127 Å². The number of benzene rings is 2. The van der Waals surface area contributed by atoms with Gasteiger partial charge < -0.3 is 0 Å². The minimum atomic E-state index is 0.0687. The average Bonchev–Trinajstić information content (AvgIpc) is 2.98. The fraction of sp³-hybridized carbons (Fsp3) is 0.118. The average molecular weight is 294 g/mol. The van der Waals surface area contributed by atoms with Crippen molar-refractivity contribution >= 4 is 17.1 Å². The highest BCUT2D eigenvalue weighted by molar-refractivity contribution is 7.17. The highest BCUT2D eigenvalue weighted by atomic mass is 32.1. The molecule has 104 valence electrons. The van der Waals surface area contributed by atoms with Gasteiger partial charge in [0.15, 0.2) is 5.78 Å². The van der Waals surface area contributed by atoms with Gasteiger partial charge in [0.2, 0.25) is 0 Å². The summed E-state index contributed by atoms with van der Waals surface area (Å²) in [4.78, 5) is 11.3. The summed E-state index contributed by atoms with van der Waals surface area (Å²) >= 11 is 1.55. The Hall–Kier alpha value is -2.33. The molecule has 0 spiro atoms. The van der Waals surface area contributed by atoms with E-state index in [1.165, 1.54) is 5.56 Å². The maximum Gasteiger partial charge on any atom is 0.159 e. The quantitative estimate of drug-likeness (QED) is 0.673. The van der Waals surface area contributed by atoms with E-state index < -0.39 is 0 Å². The number of carbonyl (C=O) groups excluding carboxylic acids is 1. The molecule has 0 aliphatic rings. The molecule has 3 nitrogen and oxygen atoms in total. The molecule has 3 rings (SSSR count). The van der Waals surface area contributed by atoms with Crippen LogP contribution in [-0.4, -0.2) is 16.0 Å². The second-order valence-corrected chi connectivity index (χ2v) is 5.89. The van der Waals surface area contributed by atoms with E-state index in [0.717, 1.165) is 21.1 Å². The molecule has 0 saturated carbocycles. The van der Waals surface area contributed by atoms with Crippen molar-refractivity contribution in [3.8, 4) is 21.1 Å². The van der Waals surface area contributed by atoms with E-state index >= 15 is 0 Å². The molecule has 0 N–H and O–H groups in total. The number of hydrogen-bond donors (Lipinski definition) is 0. The van der Waals surface area contributed by atoms with Crippen LogP contribution in [0.15, 0.2) is 48.5 Å². The van der Waals surface area contributed by atoms with Gasteiger partial charge in [0, 0.05) is 16.7 Å². The summed E-state index contributed by atoms with van der Waals surface area (Å²) in [6, 6.07) is 15.7. The maximum absolute atomic E-state index is 11.3. The van der Waals surface area contributed by atoms with E-state index in [-0.39, 0.29) is 5.78 Å². The number of aryl methyl sites for hydroxylation is 1. The fourth-order valence-corrected chi connectivity index (χ4v) is 2.85. The van der Waals surface area contributed by atoms with E-state index in [9.17, 15) is 4.79 Å². The Morgan fingerprint density at radius 2 is 1.33 bits per heavy atom. The normalized spacial score (nSPS) is 10.6. The molecule has 0 unspecified atom stereocenters. The zero-order valence-corrected chi connectivity index (χ0v) is 12.6. The van der Waals surface area contributed by atoms with Crippen LogP contribution in [0.3, 0.4) is 0 Å². The molecular formula is C17H14N2OS. The first-order valence-electron chi connectivity index (χ1n) is 6.65. The lowest BCUT2D eigenvalue weighted by Crippen LogP contribution is -1.90. The Morgan fingerprint density at radius 3 is 1.81 bits per heavy atom. The van der Waals surface area contributed by atoms with Crippen molar-refractivity contribution in [2.75, 3.05) is 0 Å². The van der Waals surface area contributed by atoms with Gasteiger partial charge in [-0.2, -0.15) is 0 Å². The van der Waals surface area contributed by atoms with Crippen LogP contribution in [0, 0.1) is 6.92 Å². The molecule has 0 fully saturated rings. The van der Waals surface area contributed by atoms with Crippen molar-refractivity contribution in [3.05, 3.63) is 59.7 Å². The molecule has 1 heterocycles. The summed E-state index contributed by atoms with van der Waals surface area (Å²) < 4.78 is 0. The van der Waals surface area contributed by atoms with Crippen LogP contribution < -0.4 is 0 Å². The second kappa shape index (κ2) is 5.58. The van der Waals surface area contributed by atoms with E-state index in [4.69, 9.17) is 0 Å². The topological polar surface area (TPSA) is 42.9 Å². The summed E-state index contributed by atoms with van der Waals surface area (Å²) in [6.07, 6.45) is 0. The second-order valence-electron chi connectivity index (χ2n) is 4.91. The molecule has 0 saturated heterocycles. The Balaban J connectivity index is 1.90. The van der Waals surface area contributed by atoms with Crippen molar-refractivity contribution in [1.82, 2.24) is 10.2 Å². The van der Waals surface area contributed by atoms with Crippen LogP contribution in [0.4, 0.5) is 0 Å². The molecule has 2 aromatic carbocycles. The van der Waals surface area contributed by atoms with Crippen LogP contribution >= 0.6 is 11.3 Å². The Bertz CT molecular complexity index is 773. The minimum Gasteiger partial charge on any atom is -0.295 e. The molecule has 0 aliphatic heterocycles. The molecule has 0 atom stereocenters. The van der Waals surface area contributed by atoms with Crippen molar-refractivity contribution in [1.29, 1.82) is 0 Å². The Morgan fingerprint density at radius 1 is 0.857 bits per heavy atom. The van der Waals surface area contributed by atoms with Gasteiger partial charge in [-0.1, -0.05) is 65.4 Å². The van der Waals surface area contributed by atoms with Gasteiger partial charge in [-0.05, 0) is 13.8 Å². The maximum atomic E-state index is 11.3. The largest absolute Gasteiger partial charge is 0.295 e. The smallest absolute Gasteiger partial charge is 0.159 e. The first kappa shape index (κ1) is 13.6. The fourth-order valence-electron chi connectivity index (χ4n) is 2.00. The minimum absolute atomic E-state index is 0.0687. The lowest BCUT2D eigenvalue weighted by molar-refractivity contribution is 0.101. The summed E-state index contributed by atoms with van der Waals surface area (Å²) in [6.45, 7) is 3.63. The van der Waals surface area contributed by atoms with Gasteiger partial charge in [-0.25, -0.2) is 0 Å². The molecule has 21 heavy (non-hydrogen) atoms. The van der Waals surface area contributed by atoms with Gasteiger partial charge in [0.25, 0.3) is 0 Å². The number of rotatable bonds is 3. The number of carbonyl (C=O) groups is 1. The van der Waals surface area contributed by atoms with Gasteiger partial charge in [0.05, 0.1) is 0 Å². The van der Waals surface area contributed by atoms with Gasteiger partial charge in [-0.15, -0.1) is 10.2 Å². The number of nitrogens with zero attached hydrogens (tertiary/aromatic N) is 2. The predicted octanol–water partition coefficient (Wildman–Crippen LogP) is 4.38. The first-order valence-corrected chi connectivity index (χ1v) is 7.47. The van der Waals surface area contributed by atoms with E-state index in [1.54, 1.807) is 18.3 Å². The van der Waals surface area contributed by atoms with Crippen molar-refractivity contribution in [2.45, 2.75) is 13.8 Å². The molecule has 0 amide bonds. The van der Waals surface area contributed by atoms with Crippen molar-refractivity contribution in [2.24, 2.45) is 0 Å². The zero-order chi connectivity index (χ0) is 14.8. The number of ketones is 1. The van der Waals surface area contributed by atoms with Crippen LogP contribution in [-0.2, 0) is 0 Å².